The quantitative estimate of drug-likeness (QED) is 0.901. The van der Waals surface area contributed by atoms with Crippen LogP contribution in [-0.2, 0) is 18.0 Å². The van der Waals surface area contributed by atoms with Crippen LogP contribution in [-0.4, -0.2) is 5.91 Å². The highest BCUT2D eigenvalue weighted by atomic mass is 79.9. The van der Waals surface area contributed by atoms with Gasteiger partial charge in [0.1, 0.15) is 0 Å². The maximum atomic E-state index is 12.3. The van der Waals surface area contributed by atoms with Crippen molar-refractivity contribution >= 4 is 27.5 Å². The van der Waals surface area contributed by atoms with Crippen LogP contribution in [0.4, 0.5) is 5.69 Å². The van der Waals surface area contributed by atoms with Crippen LogP contribution in [0.1, 0.15) is 27.0 Å². The van der Waals surface area contributed by atoms with Crippen LogP contribution in [0.15, 0.2) is 40.9 Å². The number of benzene rings is 2. The second-order valence-electron chi connectivity index (χ2n) is 4.95. The van der Waals surface area contributed by atoms with E-state index < -0.39 is 0 Å². The minimum absolute atomic E-state index is 0.0998. The Morgan fingerprint density at radius 3 is 2.75 bits per heavy atom. The first-order valence-electron chi connectivity index (χ1n) is 6.40. The molecule has 1 amide bonds. The van der Waals surface area contributed by atoms with Gasteiger partial charge in [0.2, 0.25) is 0 Å². The summed E-state index contributed by atoms with van der Waals surface area (Å²) in [5, 5.41) is 2.92. The van der Waals surface area contributed by atoms with E-state index in [4.69, 9.17) is 4.74 Å². The lowest BCUT2D eigenvalue weighted by molar-refractivity contribution is 0.102. The molecule has 102 valence electrons. The van der Waals surface area contributed by atoms with Crippen molar-refractivity contribution in [3.05, 3.63) is 63.1 Å². The number of halogens is 1. The molecule has 1 aliphatic rings. The average molecular weight is 332 g/mol. The molecule has 0 radical (unpaired) electrons. The molecule has 1 heterocycles. The molecule has 0 atom stereocenters. The lowest BCUT2D eigenvalue weighted by atomic mass is 10.1. The van der Waals surface area contributed by atoms with E-state index >= 15 is 0 Å². The summed E-state index contributed by atoms with van der Waals surface area (Å²) in [4.78, 5) is 12.3. The molecule has 0 saturated heterocycles. The number of hydrogen-bond acceptors (Lipinski definition) is 2. The molecule has 0 aromatic heterocycles. The largest absolute Gasteiger partial charge is 0.372 e. The highest BCUT2D eigenvalue weighted by Gasteiger charge is 2.14. The van der Waals surface area contributed by atoms with E-state index in [-0.39, 0.29) is 5.91 Å². The molecule has 20 heavy (non-hydrogen) atoms. The maximum Gasteiger partial charge on any atom is 0.255 e. The molecule has 0 unspecified atom stereocenters. The van der Waals surface area contributed by atoms with E-state index in [1.54, 1.807) is 0 Å². The summed E-state index contributed by atoms with van der Waals surface area (Å²) in [5.74, 6) is -0.0998. The van der Waals surface area contributed by atoms with Crippen LogP contribution in [0.25, 0.3) is 0 Å². The molecule has 2 aromatic rings. The summed E-state index contributed by atoms with van der Waals surface area (Å²) >= 11 is 3.43. The van der Waals surface area contributed by atoms with Crippen LogP contribution < -0.4 is 5.32 Å². The molecular weight excluding hydrogens is 318 g/mol. The smallest absolute Gasteiger partial charge is 0.255 e. The van der Waals surface area contributed by atoms with Gasteiger partial charge in [0.15, 0.2) is 0 Å². The Balaban J connectivity index is 1.82. The first-order valence-corrected chi connectivity index (χ1v) is 7.19. The summed E-state index contributed by atoms with van der Waals surface area (Å²) in [6, 6.07) is 11.5. The molecule has 4 heteroatoms. The number of rotatable bonds is 2. The molecule has 0 saturated carbocycles. The van der Waals surface area contributed by atoms with E-state index in [1.165, 1.54) is 5.56 Å². The summed E-state index contributed by atoms with van der Waals surface area (Å²) in [5.41, 5.74) is 4.81. The van der Waals surface area contributed by atoms with E-state index in [0.29, 0.717) is 18.8 Å². The van der Waals surface area contributed by atoms with Gasteiger partial charge in [-0.25, -0.2) is 0 Å². The maximum absolute atomic E-state index is 12.3. The van der Waals surface area contributed by atoms with E-state index in [1.807, 2.05) is 43.3 Å². The molecule has 0 bridgehead atoms. The van der Waals surface area contributed by atoms with Crippen LogP contribution in [0.3, 0.4) is 0 Å². The second kappa shape index (κ2) is 5.38. The monoisotopic (exact) mass is 331 g/mol. The molecule has 1 aliphatic heterocycles. The van der Waals surface area contributed by atoms with Gasteiger partial charge in [-0.15, -0.1) is 0 Å². The van der Waals surface area contributed by atoms with Gasteiger partial charge in [-0.3, -0.25) is 4.79 Å². The molecular formula is C16H14BrNO2. The average Bonchev–Trinajstić information content (AvgIpc) is 2.84. The van der Waals surface area contributed by atoms with Crippen LogP contribution in [0, 0.1) is 6.92 Å². The first kappa shape index (κ1) is 13.3. The Labute approximate surface area is 126 Å². The van der Waals surface area contributed by atoms with Crippen LogP contribution in [0.5, 0.6) is 0 Å². The van der Waals surface area contributed by atoms with Crippen molar-refractivity contribution in [1.82, 2.24) is 0 Å². The Morgan fingerprint density at radius 1 is 1.15 bits per heavy atom. The van der Waals surface area contributed by atoms with Gasteiger partial charge in [-0.1, -0.05) is 22.0 Å². The van der Waals surface area contributed by atoms with Crippen molar-refractivity contribution in [2.45, 2.75) is 20.1 Å². The fourth-order valence-electron chi connectivity index (χ4n) is 2.33. The van der Waals surface area contributed by atoms with Crippen molar-refractivity contribution in [2.75, 3.05) is 5.32 Å². The topological polar surface area (TPSA) is 38.3 Å². The van der Waals surface area contributed by atoms with Gasteiger partial charge in [0, 0.05) is 15.7 Å². The van der Waals surface area contributed by atoms with Gasteiger partial charge >= 0.3 is 0 Å². The summed E-state index contributed by atoms with van der Waals surface area (Å²) < 4.78 is 6.32. The summed E-state index contributed by atoms with van der Waals surface area (Å²) in [6.45, 7) is 3.22. The van der Waals surface area contributed by atoms with Gasteiger partial charge in [0.25, 0.3) is 5.91 Å². The number of carbonyl (C=O) groups excluding carboxylic acids is 1. The van der Waals surface area contributed by atoms with Crippen molar-refractivity contribution in [2.24, 2.45) is 0 Å². The number of amides is 1. The van der Waals surface area contributed by atoms with Crippen LogP contribution in [0.2, 0.25) is 0 Å². The third-order valence-corrected chi connectivity index (χ3v) is 3.74. The van der Waals surface area contributed by atoms with E-state index in [9.17, 15) is 4.79 Å². The Morgan fingerprint density at radius 2 is 1.95 bits per heavy atom. The van der Waals surface area contributed by atoms with Crippen LogP contribution >= 0.6 is 15.9 Å². The van der Waals surface area contributed by atoms with Gasteiger partial charge < -0.3 is 10.1 Å². The molecule has 3 nitrogen and oxygen atoms in total. The number of carbonyl (C=O) groups is 1. The van der Waals surface area contributed by atoms with Crippen molar-refractivity contribution in [3.63, 3.8) is 0 Å². The van der Waals surface area contributed by atoms with Crippen molar-refractivity contribution in [3.8, 4) is 0 Å². The predicted octanol–water partition coefficient (Wildman–Crippen LogP) is 4.04. The molecule has 0 spiro atoms. The summed E-state index contributed by atoms with van der Waals surface area (Å²) in [6.07, 6.45) is 0. The van der Waals surface area contributed by atoms with Gasteiger partial charge in [-0.2, -0.15) is 0 Å². The zero-order valence-corrected chi connectivity index (χ0v) is 12.7. The third-order valence-electron chi connectivity index (χ3n) is 3.28. The second-order valence-corrected chi connectivity index (χ2v) is 5.86. The zero-order chi connectivity index (χ0) is 14.1. The number of nitrogens with one attached hydrogen (secondary N) is 1. The lowest BCUT2D eigenvalue weighted by Gasteiger charge is -2.08. The number of hydrogen-bond donors (Lipinski definition) is 1. The fraction of sp³-hybridized carbons (Fsp3) is 0.188. The molecule has 0 aliphatic carbocycles. The van der Waals surface area contributed by atoms with Crippen molar-refractivity contribution in [1.29, 1.82) is 0 Å². The van der Waals surface area contributed by atoms with E-state index in [0.717, 1.165) is 21.3 Å². The van der Waals surface area contributed by atoms with Gasteiger partial charge in [-0.05, 0) is 53.9 Å². The van der Waals surface area contributed by atoms with Crippen molar-refractivity contribution < 1.29 is 9.53 Å². The highest BCUT2D eigenvalue weighted by Crippen LogP contribution is 2.23. The zero-order valence-electron chi connectivity index (χ0n) is 11.1. The Kier molecular flexibility index (Phi) is 3.59. The molecule has 1 N–H and O–H groups in total. The first-order chi connectivity index (χ1) is 9.61. The number of anilines is 1. The number of ether oxygens (including phenoxy) is 1. The number of fused-ring (bicyclic) bond motifs is 1. The molecule has 3 rings (SSSR count). The lowest BCUT2D eigenvalue weighted by Crippen LogP contribution is -2.12. The SMILES string of the molecule is Cc1cc(Br)cc(NC(=O)c2ccc3c(c2)COC3)c1. The predicted molar refractivity (Wildman–Crippen MR) is 81.8 cm³/mol. The highest BCUT2D eigenvalue weighted by molar-refractivity contribution is 9.10. The van der Waals surface area contributed by atoms with Gasteiger partial charge in [0.05, 0.1) is 13.2 Å². The minimum atomic E-state index is -0.0998. The standard InChI is InChI=1S/C16H14BrNO2/c1-10-4-14(17)7-15(5-10)18-16(19)11-2-3-12-8-20-9-13(12)6-11/h2-7H,8-9H2,1H3,(H,18,19). The third kappa shape index (κ3) is 2.76. The Bertz CT molecular complexity index is 662. The minimum Gasteiger partial charge on any atom is -0.372 e. The molecule has 0 fully saturated rings. The normalized spacial score (nSPS) is 13.1. The Hall–Kier alpha value is -1.65. The van der Waals surface area contributed by atoms with E-state index in [2.05, 4.69) is 21.2 Å². The molecule has 2 aromatic carbocycles. The fourth-order valence-corrected chi connectivity index (χ4v) is 2.93. The summed E-state index contributed by atoms with van der Waals surface area (Å²) in [7, 11) is 0. The number of aryl methyl sites for hydroxylation is 1.